The van der Waals surface area contributed by atoms with E-state index >= 15 is 0 Å². The second-order valence-electron chi connectivity index (χ2n) is 7.28. The molecule has 5 heteroatoms. The van der Waals surface area contributed by atoms with Crippen molar-refractivity contribution < 1.29 is 19.1 Å². The van der Waals surface area contributed by atoms with E-state index in [2.05, 4.69) is 5.32 Å². The van der Waals surface area contributed by atoms with Crippen LogP contribution in [0.3, 0.4) is 0 Å². The van der Waals surface area contributed by atoms with Gasteiger partial charge in [-0.2, -0.15) is 0 Å². The van der Waals surface area contributed by atoms with Crippen molar-refractivity contribution in [2.24, 2.45) is 5.92 Å². The Balaban J connectivity index is 2.71. The number of nitrogens with one attached hydrogen (secondary N) is 1. The van der Waals surface area contributed by atoms with Gasteiger partial charge in [0.15, 0.2) is 6.29 Å². The van der Waals surface area contributed by atoms with Crippen LogP contribution in [-0.2, 0) is 20.9 Å². The first-order valence-electron chi connectivity index (χ1n) is 8.31. The van der Waals surface area contributed by atoms with Gasteiger partial charge in [0, 0.05) is 0 Å². The lowest BCUT2D eigenvalue weighted by Gasteiger charge is -2.28. The summed E-state index contributed by atoms with van der Waals surface area (Å²) in [6, 6.07) is 9.19. The van der Waals surface area contributed by atoms with E-state index in [9.17, 15) is 9.59 Å². The molecule has 0 fully saturated rings. The number of hydrogen-bond donors (Lipinski definition) is 1. The third kappa shape index (κ3) is 8.11. The molecule has 1 aromatic rings. The van der Waals surface area contributed by atoms with Gasteiger partial charge in [-0.15, -0.1) is 0 Å². The molecule has 0 aliphatic heterocycles. The van der Waals surface area contributed by atoms with Crippen molar-refractivity contribution in [1.82, 2.24) is 5.32 Å². The predicted molar refractivity (Wildman–Crippen MR) is 93.7 cm³/mol. The maximum Gasteiger partial charge on any atom is 0.407 e. The normalized spacial score (nSPS) is 14.1. The average molecular weight is 335 g/mol. The van der Waals surface area contributed by atoms with E-state index in [0.717, 1.165) is 11.8 Å². The molecule has 0 saturated carbocycles. The average Bonchev–Trinajstić information content (AvgIpc) is 2.46. The van der Waals surface area contributed by atoms with Gasteiger partial charge in [-0.25, -0.2) is 4.79 Å². The van der Waals surface area contributed by atoms with Gasteiger partial charge in [0.1, 0.15) is 11.7 Å². The van der Waals surface area contributed by atoms with E-state index in [1.807, 2.05) is 44.2 Å². The number of aldehydes is 1. The van der Waals surface area contributed by atoms with Crippen molar-refractivity contribution in [3.63, 3.8) is 0 Å². The molecule has 0 radical (unpaired) electrons. The summed E-state index contributed by atoms with van der Waals surface area (Å²) < 4.78 is 11.0. The van der Waals surface area contributed by atoms with Crippen LogP contribution in [0.4, 0.5) is 4.79 Å². The van der Waals surface area contributed by atoms with E-state index in [0.29, 0.717) is 18.9 Å². The lowest BCUT2D eigenvalue weighted by Crippen LogP contribution is -2.47. The van der Waals surface area contributed by atoms with Crippen LogP contribution in [0, 0.1) is 5.92 Å². The predicted octanol–water partition coefficient (Wildman–Crippen LogP) is 3.71. The molecule has 5 nitrogen and oxygen atoms in total. The van der Waals surface area contributed by atoms with E-state index in [1.165, 1.54) is 0 Å². The van der Waals surface area contributed by atoms with Gasteiger partial charge in [0.25, 0.3) is 0 Å². The molecule has 0 bridgehead atoms. The highest BCUT2D eigenvalue weighted by molar-refractivity contribution is 5.69. The quantitative estimate of drug-likeness (QED) is 0.736. The van der Waals surface area contributed by atoms with E-state index in [1.54, 1.807) is 20.8 Å². The minimum Gasteiger partial charge on any atom is -0.444 e. The third-order valence-electron chi connectivity index (χ3n) is 3.24. The number of alkyl carbamates (subject to hydrolysis) is 1. The fourth-order valence-electron chi connectivity index (χ4n) is 2.26. The smallest absolute Gasteiger partial charge is 0.407 e. The summed E-state index contributed by atoms with van der Waals surface area (Å²) in [5.41, 5.74) is 0.388. The standard InChI is InChI=1S/C19H29NO4/c1-14(2)11-16(20-18(22)24-19(3,4)5)17(12-21)23-13-15-9-7-6-8-10-15/h6-10,12,14,16-17H,11,13H2,1-5H3,(H,20,22)/t16-,17+/m0/s1. The van der Waals surface area contributed by atoms with Crippen molar-refractivity contribution in [2.45, 2.75) is 65.4 Å². The first-order chi connectivity index (χ1) is 11.2. The van der Waals surface area contributed by atoms with Crippen LogP contribution < -0.4 is 5.32 Å². The minimum atomic E-state index is -0.722. The summed E-state index contributed by atoms with van der Waals surface area (Å²) in [5, 5.41) is 2.77. The molecule has 134 valence electrons. The summed E-state index contributed by atoms with van der Waals surface area (Å²) in [6.07, 6.45) is 0.105. The van der Waals surface area contributed by atoms with Crippen LogP contribution in [0.5, 0.6) is 0 Å². The van der Waals surface area contributed by atoms with Crippen LogP contribution in [-0.4, -0.2) is 30.1 Å². The van der Waals surface area contributed by atoms with Crippen LogP contribution in [0.25, 0.3) is 0 Å². The molecule has 0 aromatic heterocycles. The first kappa shape index (κ1) is 20.2. The van der Waals surface area contributed by atoms with Crippen molar-refractivity contribution in [3.8, 4) is 0 Å². The molecule has 0 saturated heterocycles. The number of ether oxygens (including phenoxy) is 2. The molecule has 0 heterocycles. The number of amides is 1. The zero-order valence-corrected chi connectivity index (χ0v) is 15.2. The fourth-order valence-corrected chi connectivity index (χ4v) is 2.26. The summed E-state index contributed by atoms with van der Waals surface area (Å²) in [7, 11) is 0. The molecule has 1 N–H and O–H groups in total. The van der Waals surface area contributed by atoms with Gasteiger partial charge in [0.2, 0.25) is 0 Å². The summed E-state index contributed by atoms with van der Waals surface area (Å²) in [5.74, 6) is 0.299. The maximum absolute atomic E-state index is 12.0. The lowest BCUT2D eigenvalue weighted by atomic mass is 9.99. The molecular weight excluding hydrogens is 306 g/mol. The van der Waals surface area contributed by atoms with Gasteiger partial charge >= 0.3 is 6.09 Å². The Bertz CT molecular complexity index is 508. The molecule has 1 rings (SSSR count). The zero-order valence-electron chi connectivity index (χ0n) is 15.2. The molecule has 0 aliphatic carbocycles. The van der Waals surface area contributed by atoms with Gasteiger partial charge in [-0.05, 0) is 38.7 Å². The Morgan fingerprint density at radius 3 is 2.33 bits per heavy atom. The van der Waals surface area contributed by atoms with E-state index in [-0.39, 0.29) is 0 Å². The highest BCUT2D eigenvalue weighted by Crippen LogP contribution is 2.14. The van der Waals surface area contributed by atoms with Crippen LogP contribution in [0.1, 0.15) is 46.6 Å². The Morgan fingerprint density at radius 2 is 1.83 bits per heavy atom. The molecule has 2 atom stereocenters. The van der Waals surface area contributed by atoms with Gasteiger partial charge in [-0.1, -0.05) is 44.2 Å². The molecule has 0 unspecified atom stereocenters. The Morgan fingerprint density at radius 1 is 1.21 bits per heavy atom. The van der Waals surface area contributed by atoms with E-state index < -0.39 is 23.8 Å². The largest absolute Gasteiger partial charge is 0.444 e. The van der Waals surface area contributed by atoms with Crippen LogP contribution in [0.2, 0.25) is 0 Å². The minimum absolute atomic E-state index is 0.299. The van der Waals surface area contributed by atoms with Crippen molar-refractivity contribution in [3.05, 3.63) is 35.9 Å². The van der Waals surface area contributed by atoms with Crippen molar-refractivity contribution in [1.29, 1.82) is 0 Å². The highest BCUT2D eigenvalue weighted by atomic mass is 16.6. The Hall–Kier alpha value is -1.88. The van der Waals surface area contributed by atoms with E-state index in [4.69, 9.17) is 9.47 Å². The number of hydrogen-bond acceptors (Lipinski definition) is 4. The highest BCUT2D eigenvalue weighted by Gasteiger charge is 2.27. The lowest BCUT2D eigenvalue weighted by molar-refractivity contribution is -0.121. The van der Waals surface area contributed by atoms with Gasteiger partial charge in [0.05, 0.1) is 12.6 Å². The second-order valence-corrected chi connectivity index (χ2v) is 7.28. The number of rotatable bonds is 8. The Labute approximate surface area is 144 Å². The molecule has 1 aromatic carbocycles. The Kier molecular flexibility index (Phi) is 7.92. The SMILES string of the molecule is CC(C)C[C@H](NC(=O)OC(C)(C)C)[C@@H](C=O)OCc1ccccc1. The van der Waals surface area contributed by atoms with Crippen LogP contribution in [0.15, 0.2) is 30.3 Å². The van der Waals surface area contributed by atoms with Crippen molar-refractivity contribution in [2.75, 3.05) is 0 Å². The molecule has 0 spiro atoms. The van der Waals surface area contributed by atoms with Crippen molar-refractivity contribution >= 4 is 12.4 Å². The number of carbonyl (C=O) groups is 2. The number of carbonyl (C=O) groups excluding carboxylic acids is 2. The number of benzene rings is 1. The molecule has 0 aliphatic rings. The third-order valence-corrected chi connectivity index (χ3v) is 3.24. The van der Waals surface area contributed by atoms with Crippen LogP contribution >= 0.6 is 0 Å². The maximum atomic E-state index is 12.0. The summed E-state index contributed by atoms with van der Waals surface area (Å²) >= 11 is 0. The molecule has 1 amide bonds. The fraction of sp³-hybridized carbons (Fsp3) is 0.579. The van der Waals surface area contributed by atoms with Gasteiger partial charge in [-0.3, -0.25) is 0 Å². The monoisotopic (exact) mass is 335 g/mol. The van der Waals surface area contributed by atoms with Gasteiger partial charge < -0.3 is 19.6 Å². The topological polar surface area (TPSA) is 64.6 Å². The first-order valence-corrected chi connectivity index (χ1v) is 8.31. The summed E-state index contributed by atoms with van der Waals surface area (Å²) in [4.78, 5) is 23.5. The summed E-state index contributed by atoms with van der Waals surface area (Å²) in [6.45, 7) is 9.77. The second kappa shape index (κ2) is 9.42. The molecular formula is C19H29NO4. The molecule has 24 heavy (non-hydrogen) atoms. The zero-order chi connectivity index (χ0) is 18.2.